The summed E-state index contributed by atoms with van der Waals surface area (Å²) in [6, 6.07) is 7.54. The minimum atomic E-state index is -0.399. The molecule has 6 heteroatoms. The summed E-state index contributed by atoms with van der Waals surface area (Å²) in [5.41, 5.74) is 1.16. The molecule has 21 heavy (non-hydrogen) atoms. The number of nitrogens with one attached hydrogen (secondary N) is 1. The van der Waals surface area contributed by atoms with Crippen molar-refractivity contribution >= 4 is 21.8 Å². The van der Waals surface area contributed by atoms with Gasteiger partial charge >= 0.3 is 0 Å². The van der Waals surface area contributed by atoms with E-state index >= 15 is 0 Å². The Hall–Kier alpha value is -1.95. The monoisotopic (exact) mass is 352 g/mol. The van der Waals surface area contributed by atoms with Crippen LogP contribution in [0.5, 0.6) is 5.88 Å². The van der Waals surface area contributed by atoms with Gasteiger partial charge in [0.05, 0.1) is 12.2 Å². The van der Waals surface area contributed by atoms with Crippen molar-refractivity contribution < 1.29 is 13.9 Å². The maximum Gasteiger partial charge on any atom is 0.252 e. The van der Waals surface area contributed by atoms with Crippen molar-refractivity contribution in [2.24, 2.45) is 0 Å². The van der Waals surface area contributed by atoms with Crippen LogP contribution in [0, 0.1) is 5.82 Å². The maximum absolute atomic E-state index is 13.0. The van der Waals surface area contributed by atoms with Crippen molar-refractivity contribution in [3.05, 3.63) is 57.9 Å². The van der Waals surface area contributed by atoms with Gasteiger partial charge in [0.25, 0.3) is 5.91 Å². The molecular weight excluding hydrogens is 339 g/mol. The SMILES string of the molecule is CCOc1ncccc1CNC(=O)c1ccc(F)cc1Br. The van der Waals surface area contributed by atoms with Crippen LogP contribution in [0.4, 0.5) is 4.39 Å². The molecule has 4 nitrogen and oxygen atoms in total. The first kappa shape index (κ1) is 15.4. The Kier molecular flexibility index (Phi) is 5.27. The predicted molar refractivity (Wildman–Crippen MR) is 80.7 cm³/mol. The van der Waals surface area contributed by atoms with E-state index in [0.717, 1.165) is 5.56 Å². The Labute approximate surface area is 130 Å². The van der Waals surface area contributed by atoms with Crippen LogP contribution in [0.25, 0.3) is 0 Å². The van der Waals surface area contributed by atoms with Gasteiger partial charge in [0.1, 0.15) is 5.82 Å². The number of hydrogen-bond acceptors (Lipinski definition) is 3. The van der Waals surface area contributed by atoms with E-state index in [-0.39, 0.29) is 12.5 Å². The van der Waals surface area contributed by atoms with E-state index < -0.39 is 5.82 Å². The summed E-state index contributed by atoms with van der Waals surface area (Å²) in [6.45, 7) is 2.65. The number of halogens is 2. The minimum Gasteiger partial charge on any atom is -0.478 e. The van der Waals surface area contributed by atoms with Gasteiger partial charge in [-0.25, -0.2) is 9.37 Å². The molecule has 2 rings (SSSR count). The number of nitrogens with zero attached hydrogens (tertiary/aromatic N) is 1. The molecule has 0 aliphatic rings. The summed E-state index contributed by atoms with van der Waals surface area (Å²) >= 11 is 3.18. The number of hydrogen-bond donors (Lipinski definition) is 1. The van der Waals surface area contributed by atoms with Gasteiger partial charge in [-0.05, 0) is 47.1 Å². The number of benzene rings is 1. The molecule has 0 atom stereocenters. The Morgan fingerprint density at radius 1 is 1.43 bits per heavy atom. The average molecular weight is 353 g/mol. The fraction of sp³-hybridized carbons (Fsp3) is 0.200. The molecule has 0 aliphatic heterocycles. The minimum absolute atomic E-state index is 0.284. The largest absolute Gasteiger partial charge is 0.478 e. The maximum atomic E-state index is 13.0. The molecule has 0 bridgehead atoms. The van der Waals surface area contributed by atoms with Gasteiger partial charge in [0.2, 0.25) is 5.88 Å². The second-order valence-corrected chi connectivity index (χ2v) is 5.06. The number of carbonyl (C=O) groups is 1. The zero-order valence-electron chi connectivity index (χ0n) is 11.4. The van der Waals surface area contributed by atoms with E-state index in [1.807, 2.05) is 13.0 Å². The second-order valence-electron chi connectivity index (χ2n) is 4.21. The third-order valence-electron chi connectivity index (χ3n) is 2.75. The standard InChI is InChI=1S/C15H14BrFN2O2/c1-2-21-15-10(4-3-7-18-15)9-19-14(20)12-6-5-11(17)8-13(12)16/h3-8H,2,9H2,1H3,(H,19,20). The van der Waals surface area contributed by atoms with Crippen molar-refractivity contribution in [1.82, 2.24) is 10.3 Å². The molecule has 0 saturated carbocycles. The number of ether oxygens (including phenoxy) is 1. The Morgan fingerprint density at radius 2 is 2.24 bits per heavy atom. The summed E-state index contributed by atoms with van der Waals surface area (Å²) < 4.78 is 18.8. The third kappa shape index (κ3) is 4.01. The highest BCUT2D eigenvalue weighted by atomic mass is 79.9. The van der Waals surface area contributed by atoms with Gasteiger partial charge in [0, 0.05) is 22.8 Å². The highest BCUT2D eigenvalue weighted by Gasteiger charge is 2.12. The van der Waals surface area contributed by atoms with Gasteiger partial charge in [-0.2, -0.15) is 0 Å². The van der Waals surface area contributed by atoms with Crippen LogP contribution in [0.2, 0.25) is 0 Å². The van der Waals surface area contributed by atoms with E-state index in [9.17, 15) is 9.18 Å². The second kappa shape index (κ2) is 7.17. The topological polar surface area (TPSA) is 51.2 Å². The van der Waals surface area contributed by atoms with Crippen molar-refractivity contribution in [1.29, 1.82) is 0 Å². The lowest BCUT2D eigenvalue weighted by molar-refractivity contribution is 0.0949. The first-order chi connectivity index (χ1) is 10.1. The quantitative estimate of drug-likeness (QED) is 0.897. The lowest BCUT2D eigenvalue weighted by atomic mass is 10.2. The van der Waals surface area contributed by atoms with E-state index in [4.69, 9.17) is 4.74 Å². The van der Waals surface area contributed by atoms with E-state index in [0.29, 0.717) is 22.5 Å². The molecule has 2 aromatic rings. The van der Waals surface area contributed by atoms with Crippen LogP contribution < -0.4 is 10.1 Å². The molecule has 0 unspecified atom stereocenters. The number of rotatable bonds is 5. The molecular formula is C15H14BrFN2O2. The van der Waals surface area contributed by atoms with Crippen LogP contribution in [0.3, 0.4) is 0 Å². The van der Waals surface area contributed by atoms with Crippen LogP contribution in [-0.2, 0) is 6.54 Å². The van der Waals surface area contributed by atoms with Crippen molar-refractivity contribution in [3.8, 4) is 5.88 Å². The average Bonchev–Trinajstić information content (AvgIpc) is 2.46. The van der Waals surface area contributed by atoms with Crippen molar-refractivity contribution in [3.63, 3.8) is 0 Å². The third-order valence-corrected chi connectivity index (χ3v) is 3.40. The summed E-state index contributed by atoms with van der Waals surface area (Å²) in [6.07, 6.45) is 1.63. The summed E-state index contributed by atoms with van der Waals surface area (Å²) in [4.78, 5) is 16.2. The van der Waals surface area contributed by atoms with Crippen molar-refractivity contribution in [2.75, 3.05) is 6.61 Å². The van der Waals surface area contributed by atoms with Crippen LogP contribution in [-0.4, -0.2) is 17.5 Å². The lowest BCUT2D eigenvalue weighted by Gasteiger charge is -2.10. The van der Waals surface area contributed by atoms with Gasteiger partial charge in [-0.15, -0.1) is 0 Å². The summed E-state index contributed by atoms with van der Waals surface area (Å²) in [5, 5.41) is 2.76. The highest BCUT2D eigenvalue weighted by Crippen LogP contribution is 2.19. The Morgan fingerprint density at radius 3 is 2.95 bits per heavy atom. The Bertz CT molecular complexity index is 649. The molecule has 1 N–H and O–H groups in total. The first-order valence-electron chi connectivity index (χ1n) is 6.41. The molecule has 0 aliphatic carbocycles. The molecule has 1 heterocycles. The fourth-order valence-electron chi connectivity index (χ4n) is 1.77. The van der Waals surface area contributed by atoms with Crippen LogP contribution in [0.1, 0.15) is 22.8 Å². The van der Waals surface area contributed by atoms with Crippen molar-refractivity contribution in [2.45, 2.75) is 13.5 Å². The summed E-state index contributed by atoms with van der Waals surface area (Å²) in [5.74, 6) is -0.198. The molecule has 0 fully saturated rings. The molecule has 0 saturated heterocycles. The molecule has 1 aromatic heterocycles. The van der Waals surface area contributed by atoms with E-state index in [1.165, 1.54) is 18.2 Å². The van der Waals surface area contributed by atoms with Gasteiger partial charge in [-0.3, -0.25) is 4.79 Å². The molecule has 0 radical (unpaired) electrons. The van der Waals surface area contributed by atoms with Gasteiger partial charge in [-0.1, -0.05) is 6.07 Å². The zero-order chi connectivity index (χ0) is 15.2. The molecule has 110 valence electrons. The molecule has 1 amide bonds. The normalized spacial score (nSPS) is 10.2. The molecule has 1 aromatic carbocycles. The van der Waals surface area contributed by atoms with E-state index in [1.54, 1.807) is 12.3 Å². The first-order valence-corrected chi connectivity index (χ1v) is 7.21. The highest BCUT2D eigenvalue weighted by molar-refractivity contribution is 9.10. The number of aromatic nitrogens is 1. The zero-order valence-corrected chi connectivity index (χ0v) is 13.0. The number of pyridine rings is 1. The smallest absolute Gasteiger partial charge is 0.252 e. The number of carbonyl (C=O) groups excluding carboxylic acids is 1. The molecule has 0 spiro atoms. The van der Waals surface area contributed by atoms with Crippen LogP contribution in [0.15, 0.2) is 41.0 Å². The fourth-order valence-corrected chi connectivity index (χ4v) is 2.30. The van der Waals surface area contributed by atoms with E-state index in [2.05, 4.69) is 26.2 Å². The number of amides is 1. The van der Waals surface area contributed by atoms with Crippen LogP contribution >= 0.6 is 15.9 Å². The predicted octanol–water partition coefficient (Wildman–Crippen LogP) is 3.31. The van der Waals surface area contributed by atoms with Gasteiger partial charge < -0.3 is 10.1 Å². The summed E-state index contributed by atoms with van der Waals surface area (Å²) in [7, 11) is 0. The van der Waals surface area contributed by atoms with Gasteiger partial charge in [0.15, 0.2) is 0 Å². The lowest BCUT2D eigenvalue weighted by Crippen LogP contribution is -2.23. The Balaban J connectivity index is 2.07.